The monoisotopic (exact) mass is 269 g/mol. The van der Waals surface area contributed by atoms with Gasteiger partial charge in [-0.25, -0.2) is 0 Å². The maximum Gasteiger partial charge on any atom is 0.303 e. The van der Waals surface area contributed by atoms with E-state index < -0.39 is 5.97 Å². The topological polar surface area (TPSA) is 49.8 Å². The fourth-order valence-corrected chi connectivity index (χ4v) is 3.33. The van der Waals surface area contributed by atoms with Crippen LogP contribution in [0.15, 0.2) is 0 Å². The zero-order valence-electron chi connectivity index (χ0n) is 11.9. The van der Waals surface area contributed by atoms with Gasteiger partial charge < -0.3 is 14.7 Å². The van der Waals surface area contributed by atoms with E-state index in [4.69, 9.17) is 9.84 Å². The van der Waals surface area contributed by atoms with Gasteiger partial charge in [0.25, 0.3) is 0 Å². The molecule has 1 atom stereocenters. The Kier molecular flexibility index (Phi) is 6.11. The van der Waals surface area contributed by atoms with E-state index in [9.17, 15) is 4.79 Å². The SMILES string of the molecule is O=C(O)CC1CCN(CCCCC2CCOCC2)C1. The van der Waals surface area contributed by atoms with Crippen molar-refractivity contribution in [3.8, 4) is 0 Å². The average Bonchev–Trinajstić information content (AvgIpc) is 2.83. The van der Waals surface area contributed by atoms with Crippen LogP contribution in [-0.4, -0.2) is 48.8 Å². The van der Waals surface area contributed by atoms with E-state index in [1.165, 1.54) is 32.1 Å². The number of carbonyl (C=O) groups is 1. The first kappa shape index (κ1) is 14.8. The molecule has 4 nitrogen and oxygen atoms in total. The Bertz CT molecular complexity index is 277. The minimum absolute atomic E-state index is 0.346. The van der Waals surface area contributed by atoms with Gasteiger partial charge in [0.2, 0.25) is 0 Å². The Morgan fingerprint density at radius 2 is 1.95 bits per heavy atom. The first-order valence-electron chi connectivity index (χ1n) is 7.76. The van der Waals surface area contributed by atoms with Gasteiger partial charge in [-0.1, -0.05) is 12.8 Å². The Morgan fingerprint density at radius 3 is 2.68 bits per heavy atom. The van der Waals surface area contributed by atoms with E-state index in [2.05, 4.69) is 4.90 Å². The van der Waals surface area contributed by atoms with Crippen LogP contribution in [0.25, 0.3) is 0 Å². The van der Waals surface area contributed by atoms with Crippen LogP contribution in [0.2, 0.25) is 0 Å². The van der Waals surface area contributed by atoms with Gasteiger partial charge in [0, 0.05) is 26.2 Å². The second-order valence-corrected chi connectivity index (χ2v) is 6.10. The van der Waals surface area contributed by atoms with Crippen molar-refractivity contribution >= 4 is 5.97 Å². The summed E-state index contributed by atoms with van der Waals surface area (Å²) in [6.07, 6.45) is 7.80. The highest BCUT2D eigenvalue weighted by molar-refractivity contribution is 5.67. The molecule has 2 heterocycles. The van der Waals surface area contributed by atoms with Crippen molar-refractivity contribution in [2.75, 3.05) is 32.8 Å². The van der Waals surface area contributed by atoms with Crippen LogP contribution >= 0.6 is 0 Å². The number of unbranched alkanes of at least 4 members (excludes halogenated alkanes) is 1. The molecular weight excluding hydrogens is 242 g/mol. The zero-order valence-corrected chi connectivity index (χ0v) is 11.9. The second-order valence-electron chi connectivity index (χ2n) is 6.10. The number of nitrogens with zero attached hydrogens (tertiary/aromatic N) is 1. The molecule has 2 aliphatic heterocycles. The third-order valence-electron chi connectivity index (χ3n) is 4.51. The second kappa shape index (κ2) is 7.85. The molecule has 1 N–H and O–H groups in total. The van der Waals surface area contributed by atoms with E-state index >= 15 is 0 Å². The van der Waals surface area contributed by atoms with Crippen LogP contribution in [0, 0.1) is 11.8 Å². The maximum atomic E-state index is 10.7. The molecule has 2 fully saturated rings. The first-order valence-corrected chi connectivity index (χ1v) is 7.76. The van der Waals surface area contributed by atoms with Crippen molar-refractivity contribution in [3.05, 3.63) is 0 Å². The van der Waals surface area contributed by atoms with Crippen molar-refractivity contribution in [2.45, 2.75) is 44.9 Å². The maximum absolute atomic E-state index is 10.7. The summed E-state index contributed by atoms with van der Waals surface area (Å²) in [6, 6.07) is 0. The van der Waals surface area contributed by atoms with Gasteiger partial charge in [-0.3, -0.25) is 4.79 Å². The summed E-state index contributed by atoms with van der Waals surface area (Å²) in [4.78, 5) is 13.1. The van der Waals surface area contributed by atoms with Gasteiger partial charge in [0.05, 0.1) is 0 Å². The summed E-state index contributed by atoms with van der Waals surface area (Å²) in [6.45, 7) is 5.14. The number of aliphatic carboxylic acids is 1. The minimum Gasteiger partial charge on any atom is -0.481 e. The van der Waals surface area contributed by atoms with Gasteiger partial charge in [-0.15, -0.1) is 0 Å². The van der Waals surface area contributed by atoms with Gasteiger partial charge in [-0.2, -0.15) is 0 Å². The molecule has 19 heavy (non-hydrogen) atoms. The molecule has 0 spiro atoms. The molecule has 0 saturated carbocycles. The number of ether oxygens (including phenoxy) is 1. The lowest BCUT2D eigenvalue weighted by atomic mass is 9.94. The molecule has 0 aromatic heterocycles. The highest BCUT2D eigenvalue weighted by Crippen LogP contribution is 2.22. The number of carboxylic acids is 1. The molecule has 1 unspecified atom stereocenters. The van der Waals surface area contributed by atoms with Gasteiger partial charge in [0.1, 0.15) is 0 Å². The number of likely N-dealkylation sites (tertiary alicyclic amines) is 1. The van der Waals surface area contributed by atoms with Gasteiger partial charge >= 0.3 is 5.97 Å². The normalized spacial score (nSPS) is 25.8. The Morgan fingerprint density at radius 1 is 1.16 bits per heavy atom. The fraction of sp³-hybridized carbons (Fsp3) is 0.933. The summed E-state index contributed by atoms with van der Waals surface area (Å²) in [5.41, 5.74) is 0. The highest BCUT2D eigenvalue weighted by Gasteiger charge is 2.23. The summed E-state index contributed by atoms with van der Waals surface area (Å²) in [5, 5.41) is 8.79. The smallest absolute Gasteiger partial charge is 0.303 e. The minimum atomic E-state index is -0.647. The quantitative estimate of drug-likeness (QED) is 0.721. The Labute approximate surface area is 116 Å². The van der Waals surface area contributed by atoms with Crippen LogP contribution in [0.1, 0.15) is 44.9 Å². The molecule has 4 heteroatoms. The molecule has 2 rings (SSSR count). The van der Waals surface area contributed by atoms with Crippen LogP contribution in [0.4, 0.5) is 0 Å². The standard InChI is InChI=1S/C15H27NO3/c17-15(18)11-14-4-8-16(12-14)7-2-1-3-13-5-9-19-10-6-13/h13-14H,1-12H2,(H,17,18). The van der Waals surface area contributed by atoms with E-state index in [-0.39, 0.29) is 0 Å². The Hall–Kier alpha value is -0.610. The largest absolute Gasteiger partial charge is 0.481 e. The Balaban J connectivity index is 1.50. The summed E-state index contributed by atoms with van der Waals surface area (Å²) in [5.74, 6) is 0.617. The lowest BCUT2D eigenvalue weighted by molar-refractivity contribution is -0.138. The molecule has 0 aliphatic carbocycles. The van der Waals surface area contributed by atoms with Gasteiger partial charge in [-0.05, 0) is 50.6 Å². The number of carboxylic acid groups (broad SMARTS) is 1. The van der Waals surface area contributed by atoms with Crippen molar-refractivity contribution in [2.24, 2.45) is 11.8 Å². The van der Waals surface area contributed by atoms with E-state index in [0.717, 1.165) is 45.2 Å². The molecule has 0 aromatic rings. The van der Waals surface area contributed by atoms with Crippen LogP contribution in [0.5, 0.6) is 0 Å². The van der Waals surface area contributed by atoms with E-state index in [1.807, 2.05) is 0 Å². The summed E-state index contributed by atoms with van der Waals surface area (Å²) >= 11 is 0. The average molecular weight is 269 g/mol. The highest BCUT2D eigenvalue weighted by atomic mass is 16.5. The van der Waals surface area contributed by atoms with Gasteiger partial charge in [0.15, 0.2) is 0 Å². The van der Waals surface area contributed by atoms with Crippen molar-refractivity contribution in [1.82, 2.24) is 4.90 Å². The van der Waals surface area contributed by atoms with Crippen LogP contribution in [0.3, 0.4) is 0 Å². The zero-order chi connectivity index (χ0) is 13.5. The molecule has 0 bridgehead atoms. The van der Waals surface area contributed by atoms with E-state index in [1.54, 1.807) is 0 Å². The fourth-order valence-electron chi connectivity index (χ4n) is 3.33. The number of hydrogen-bond donors (Lipinski definition) is 1. The van der Waals surface area contributed by atoms with Crippen molar-refractivity contribution in [1.29, 1.82) is 0 Å². The van der Waals surface area contributed by atoms with Crippen LogP contribution < -0.4 is 0 Å². The molecule has 0 amide bonds. The lowest BCUT2D eigenvalue weighted by Crippen LogP contribution is -2.23. The summed E-state index contributed by atoms with van der Waals surface area (Å²) in [7, 11) is 0. The number of hydrogen-bond acceptors (Lipinski definition) is 3. The van der Waals surface area contributed by atoms with Crippen molar-refractivity contribution < 1.29 is 14.6 Å². The molecule has 2 saturated heterocycles. The van der Waals surface area contributed by atoms with Crippen molar-refractivity contribution in [3.63, 3.8) is 0 Å². The third kappa shape index (κ3) is 5.49. The molecular formula is C15H27NO3. The summed E-state index contributed by atoms with van der Waals surface area (Å²) < 4.78 is 5.37. The third-order valence-corrected chi connectivity index (χ3v) is 4.51. The molecule has 110 valence electrons. The van der Waals surface area contributed by atoms with E-state index in [0.29, 0.717) is 12.3 Å². The number of rotatable bonds is 7. The molecule has 0 radical (unpaired) electrons. The predicted octanol–water partition coefficient (Wildman–Crippen LogP) is 2.38. The molecule has 2 aliphatic rings. The van der Waals surface area contributed by atoms with Crippen LogP contribution in [-0.2, 0) is 9.53 Å². The first-order chi connectivity index (χ1) is 9.24. The molecule has 0 aromatic carbocycles. The lowest BCUT2D eigenvalue weighted by Gasteiger charge is -2.22. The predicted molar refractivity (Wildman–Crippen MR) is 74.2 cm³/mol.